The van der Waals surface area contributed by atoms with Gasteiger partial charge in [-0.05, 0) is 29.8 Å². The molecule has 140 valence electrons. The highest BCUT2D eigenvalue weighted by molar-refractivity contribution is 5.98. The second-order valence-electron chi connectivity index (χ2n) is 6.23. The Morgan fingerprint density at radius 1 is 0.821 bits per heavy atom. The Kier molecular flexibility index (Phi) is 5.91. The maximum absolute atomic E-state index is 12.7. The van der Waals surface area contributed by atoms with E-state index in [1.807, 2.05) is 36.4 Å². The summed E-state index contributed by atoms with van der Waals surface area (Å²) < 4.78 is 0. The molecule has 3 rings (SSSR count). The molecule has 0 spiro atoms. The number of hydrogen-bond acceptors (Lipinski definition) is 4. The van der Waals surface area contributed by atoms with Crippen LogP contribution in [0.3, 0.4) is 0 Å². The van der Waals surface area contributed by atoms with Gasteiger partial charge in [-0.3, -0.25) is 19.7 Å². The lowest BCUT2D eigenvalue weighted by atomic mass is 9.97. The van der Waals surface area contributed by atoms with Gasteiger partial charge in [0.15, 0.2) is 5.78 Å². The van der Waals surface area contributed by atoms with Crippen molar-refractivity contribution in [2.45, 2.75) is 12.5 Å². The molecule has 0 fully saturated rings. The molecule has 0 saturated heterocycles. The molecule has 0 aliphatic rings. The number of nitrogens with one attached hydrogen (secondary N) is 1. The molecule has 6 nitrogen and oxygen atoms in total. The number of non-ortho nitro benzene ring substituents is 1. The normalized spacial score (nSPS) is 11.4. The van der Waals surface area contributed by atoms with Crippen LogP contribution in [0.15, 0.2) is 84.9 Å². The summed E-state index contributed by atoms with van der Waals surface area (Å²) in [4.78, 5) is 35.5. The molecular formula is C22H18N2O4. The second-order valence-corrected chi connectivity index (χ2v) is 6.23. The Morgan fingerprint density at radius 3 is 1.96 bits per heavy atom. The molecule has 3 aromatic carbocycles. The molecule has 1 amide bonds. The van der Waals surface area contributed by atoms with E-state index < -0.39 is 11.0 Å². The van der Waals surface area contributed by atoms with Gasteiger partial charge >= 0.3 is 0 Å². The van der Waals surface area contributed by atoms with E-state index >= 15 is 0 Å². The second kappa shape index (κ2) is 8.73. The first-order chi connectivity index (χ1) is 13.5. The molecule has 0 heterocycles. The van der Waals surface area contributed by atoms with Crippen LogP contribution in [0.1, 0.15) is 38.7 Å². The number of nitro benzene ring substituents is 1. The highest BCUT2D eigenvalue weighted by Crippen LogP contribution is 2.21. The minimum Gasteiger partial charge on any atom is -0.345 e. The molecule has 1 N–H and O–H groups in total. The van der Waals surface area contributed by atoms with E-state index in [1.54, 1.807) is 24.3 Å². The van der Waals surface area contributed by atoms with Gasteiger partial charge in [0.25, 0.3) is 11.6 Å². The molecule has 1 unspecified atom stereocenters. The molecule has 28 heavy (non-hydrogen) atoms. The van der Waals surface area contributed by atoms with Crippen molar-refractivity contribution in [2.24, 2.45) is 0 Å². The van der Waals surface area contributed by atoms with Gasteiger partial charge in [0, 0.05) is 29.7 Å². The molecule has 1 atom stereocenters. The number of carbonyl (C=O) groups is 2. The van der Waals surface area contributed by atoms with Crippen molar-refractivity contribution < 1.29 is 14.5 Å². The summed E-state index contributed by atoms with van der Waals surface area (Å²) in [6, 6.07) is 23.0. The summed E-state index contributed by atoms with van der Waals surface area (Å²) in [5, 5.41) is 13.7. The summed E-state index contributed by atoms with van der Waals surface area (Å²) >= 11 is 0. The van der Waals surface area contributed by atoms with E-state index in [1.165, 1.54) is 24.3 Å². The van der Waals surface area contributed by atoms with E-state index in [4.69, 9.17) is 0 Å². The van der Waals surface area contributed by atoms with Crippen LogP contribution in [-0.4, -0.2) is 16.6 Å². The maximum atomic E-state index is 12.7. The summed E-state index contributed by atoms with van der Waals surface area (Å²) in [5.74, 6) is -0.483. The van der Waals surface area contributed by atoms with E-state index in [2.05, 4.69) is 5.32 Å². The molecule has 3 aromatic rings. The quantitative estimate of drug-likeness (QED) is 0.378. The number of nitro groups is 1. The van der Waals surface area contributed by atoms with Crippen LogP contribution < -0.4 is 5.32 Å². The van der Waals surface area contributed by atoms with Crippen molar-refractivity contribution in [1.82, 2.24) is 5.32 Å². The lowest BCUT2D eigenvalue weighted by Crippen LogP contribution is -2.30. The predicted molar refractivity (Wildman–Crippen MR) is 105 cm³/mol. The zero-order valence-electron chi connectivity index (χ0n) is 14.9. The lowest BCUT2D eigenvalue weighted by Gasteiger charge is -2.19. The number of Topliss-reactive ketones (excluding diaryl/α,β-unsaturated/α-hetero) is 1. The summed E-state index contributed by atoms with van der Waals surface area (Å²) in [5.41, 5.74) is 1.60. The van der Waals surface area contributed by atoms with Crippen molar-refractivity contribution in [3.63, 3.8) is 0 Å². The Morgan fingerprint density at radius 2 is 1.39 bits per heavy atom. The van der Waals surface area contributed by atoms with Crippen LogP contribution in [0.2, 0.25) is 0 Å². The monoisotopic (exact) mass is 374 g/mol. The van der Waals surface area contributed by atoms with E-state index in [-0.39, 0.29) is 23.8 Å². The fraction of sp³-hybridized carbons (Fsp3) is 0.0909. The summed E-state index contributed by atoms with van der Waals surface area (Å²) in [7, 11) is 0. The van der Waals surface area contributed by atoms with Gasteiger partial charge in [-0.1, -0.05) is 48.5 Å². The molecule has 0 aliphatic heterocycles. The lowest BCUT2D eigenvalue weighted by molar-refractivity contribution is -0.384. The Hall–Kier alpha value is -3.80. The van der Waals surface area contributed by atoms with Crippen LogP contribution in [-0.2, 0) is 0 Å². The van der Waals surface area contributed by atoms with Crippen LogP contribution in [0, 0.1) is 10.1 Å². The average molecular weight is 374 g/mol. The summed E-state index contributed by atoms with van der Waals surface area (Å²) in [6.07, 6.45) is 0.0421. The Labute approximate surface area is 162 Å². The third-order valence-electron chi connectivity index (χ3n) is 4.33. The molecule has 0 saturated carbocycles. The zero-order valence-corrected chi connectivity index (χ0v) is 14.9. The van der Waals surface area contributed by atoms with Gasteiger partial charge in [0.2, 0.25) is 0 Å². The van der Waals surface area contributed by atoms with Gasteiger partial charge in [-0.2, -0.15) is 0 Å². The highest BCUT2D eigenvalue weighted by Gasteiger charge is 2.20. The van der Waals surface area contributed by atoms with Crippen molar-refractivity contribution in [3.05, 3.63) is 112 Å². The van der Waals surface area contributed by atoms with Crippen molar-refractivity contribution in [3.8, 4) is 0 Å². The van der Waals surface area contributed by atoms with Crippen LogP contribution in [0.4, 0.5) is 5.69 Å². The van der Waals surface area contributed by atoms with Crippen LogP contribution in [0.5, 0.6) is 0 Å². The number of ketones is 1. The molecule has 0 aliphatic carbocycles. The Balaban J connectivity index is 1.80. The van der Waals surface area contributed by atoms with Crippen LogP contribution >= 0.6 is 0 Å². The van der Waals surface area contributed by atoms with Crippen LogP contribution in [0.25, 0.3) is 0 Å². The van der Waals surface area contributed by atoms with Gasteiger partial charge in [0.05, 0.1) is 11.0 Å². The number of nitrogens with zero attached hydrogens (tertiary/aromatic N) is 1. The topological polar surface area (TPSA) is 89.3 Å². The fourth-order valence-corrected chi connectivity index (χ4v) is 2.84. The number of carbonyl (C=O) groups excluding carboxylic acids is 2. The molecule has 0 aromatic heterocycles. The molecule has 0 radical (unpaired) electrons. The first-order valence-corrected chi connectivity index (χ1v) is 8.73. The third kappa shape index (κ3) is 4.67. The Bertz CT molecular complexity index is 970. The van der Waals surface area contributed by atoms with Crippen molar-refractivity contribution >= 4 is 17.4 Å². The molecular weight excluding hydrogens is 356 g/mol. The number of benzene rings is 3. The smallest absolute Gasteiger partial charge is 0.269 e. The average Bonchev–Trinajstić information content (AvgIpc) is 2.74. The van der Waals surface area contributed by atoms with Gasteiger partial charge in [-0.15, -0.1) is 0 Å². The maximum Gasteiger partial charge on any atom is 0.269 e. The SMILES string of the molecule is O=C(CC(NC(=O)c1ccccc1)c1ccccc1)c1ccc([N+](=O)[O-])cc1. The van der Waals surface area contributed by atoms with E-state index in [9.17, 15) is 19.7 Å². The standard InChI is InChI=1S/C22H18N2O4/c25-21(17-11-13-19(14-12-17)24(27)28)15-20(16-7-3-1-4-8-16)23-22(26)18-9-5-2-6-10-18/h1-14,20H,15H2,(H,23,26). The third-order valence-corrected chi connectivity index (χ3v) is 4.33. The van der Waals surface area contributed by atoms with E-state index in [0.29, 0.717) is 11.1 Å². The number of hydrogen-bond donors (Lipinski definition) is 1. The van der Waals surface area contributed by atoms with Gasteiger partial charge < -0.3 is 5.32 Å². The number of rotatable bonds is 7. The van der Waals surface area contributed by atoms with Gasteiger partial charge in [0.1, 0.15) is 0 Å². The highest BCUT2D eigenvalue weighted by atomic mass is 16.6. The minimum absolute atomic E-state index is 0.0421. The first-order valence-electron chi connectivity index (χ1n) is 8.73. The molecule has 6 heteroatoms. The largest absolute Gasteiger partial charge is 0.345 e. The fourth-order valence-electron chi connectivity index (χ4n) is 2.84. The van der Waals surface area contributed by atoms with Gasteiger partial charge in [-0.25, -0.2) is 0 Å². The minimum atomic E-state index is -0.517. The first kappa shape index (κ1) is 19.0. The predicted octanol–water partition coefficient (Wildman–Crippen LogP) is 4.34. The van der Waals surface area contributed by atoms with Crippen molar-refractivity contribution in [1.29, 1.82) is 0 Å². The summed E-state index contributed by atoms with van der Waals surface area (Å²) in [6.45, 7) is 0. The van der Waals surface area contributed by atoms with E-state index in [0.717, 1.165) is 5.56 Å². The van der Waals surface area contributed by atoms with Crippen molar-refractivity contribution in [2.75, 3.05) is 0 Å². The number of amides is 1. The molecule has 0 bridgehead atoms. The zero-order chi connectivity index (χ0) is 19.9.